The molecule has 0 unspecified atom stereocenters. The summed E-state index contributed by atoms with van der Waals surface area (Å²) in [5.41, 5.74) is 8.38. The summed E-state index contributed by atoms with van der Waals surface area (Å²) in [6, 6.07) is 19.4. The van der Waals surface area contributed by atoms with Crippen molar-refractivity contribution in [2.75, 3.05) is 18.9 Å². The van der Waals surface area contributed by atoms with Crippen molar-refractivity contribution in [3.8, 4) is 22.8 Å². The molecule has 0 spiro atoms. The first-order valence-corrected chi connectivity index (χ1v) is 10.3. The minimum absolute atomic E-state index is 0.0291. The Morgan fingerprint density at radius 1 is 0.968 bits per heavy atom. The summed E-state index contributed by atoms with van der Waals surface area (Å²) in [6.07, 6.45) is 3.02. The number of benzene rings is 2. The minimum Gasteiger partial charge on any atom is -0.457 e. The highest BCUT2D eigenvalue weighted by Gasteiger charge is 2.45. The van der Waals surface area contributed by atoms with E-state index in [1.807, 2.05) is 65.3 Å². The lowest BCUT2D eigenvalue weighted by Crippen LogP contribution is -2.44. The van der Waals surface area contributed by atoms with Crippen LogP contribution < -0.4 is 10.5 Å². The number of nitrogens with two attached hydrogens (primary N) is 1. The van der Waals surface area contributed by atoms with Crippen molar-refractivity contribution in [3.05, 3.63) is 66.9 Å². The summed E-state index contributed by atoms with van der Waals surface area (Å²) >= 11 is 0. The highest BCUT2D eigenvalue weighted by Crippen LogP contribution is 2.49. The van der Waals surface area contributed by atoms with Gasteiger partial charge in [-0.25, -0.2) is 4.98 Å². The van der Waals surface area contributed by atoms with Crippen LogP contribution in [0, 0.1) is 5.41 Å². The van der Waals surface area contributed by atoms with Gasteiger partial charge in [0.15, 0.2) is 0 Å². The van der Waals surface area contributed by atoms with Gasteiger partial charge in [0.2, 0.25) is 0 Å². The third-order valence-electron chi connectivity index (χ3n) is 6.11. The van der Waals surface area contributed by atoms with E-state index in [2.05, 4.69) is 4.98 Å². The van der Waals surface area contributed by atoms with Crippen LogP contribution in [0.25, 0.3) is 22.2 Å². The number of nitrogen functional groups attached to an aromatic ring is 1. The Morgan fingerprint density at radius 2 is 1.65 bits per heavy atom. The van der Waals surface area contributed by atoms with Crippen LogP contribution in [0.15, 0.2) is 66.9 Å². The molecule has 2 heterocycles. The van der Waals surface area contributed by atoms with E-state index in [0.29, 0.717) is 18.7 Å². The summed E-state index contributed by atoms with van der Waals surface area (Å²) < 4.78 is 7.85. The van der Waals surface area contributed by atoms with Gasteiger partial charge in [-0.1, -0.05) is 18.2 Å². The zero-order valence-corrected chi connectivity index (χ0v) is 17.0. The van der Waals surface area contributed by atoms with Crippen LogP contribution in [0.5, 0.6) is 11.5 Å². The lowest BCUT2D eigenvalue weighted by Gasteiger charge is -2.45. The number of hydrogen-bond donors (Lipinski definition) is 3. The number of nitrogens with zero attached hydrogens (tertiary/aromatic N) is 3. The zero-order chi connectivity index (χ0) is 21.4. The monoisotopic (exact) mass is 416 g/mol. The van der Waals surface area contributed by atoms with Crippen molar-refractivity contribution in [2.24, 2.45) is 5.41 Å². The lowest BCUT2D eigenvalue weighted by molar-refractivity contribution is -0.0449. The number of hydrogen-bond acceptors (Lipinski definition) is 6. The predicted octanol–water partition coefficient (Wildman–Crippen LogP) is 3.78. The maximum Gasteiger partial charge on any atom is 0.135 e. The SMILES string of the molecule is Nc1nccc2c1c(-c1ccc(Oc3ccccc3)cc1)nn2C1CC(CO)(CO)C1. The third-order valence-corrected chi connectivity index (χ3v) is 6.11. The molecule has 158 valence electrons. The zero-order valence-electron chi connectivity index (χ0n) is 17.0. The van der Waals surface area contributed by atoms with E-state index >= 15 is 0 Å². The van der Waals surface area contributed by atoms with Gasteiger partial charge in [0.05, 0.1) is 30.2 Å². The summed E-state index contributed by atoms with van der Waals surface area (Å²) in [5, 5.41) is 25.0. The number of fused-ring (bicyclic) bond motifs is 1. The second kappa shape index (κ2) is 7.68. The molecule has 1 aliphatic rings. The fraction of sp³-hybridized carbons (Fsp3) is 0.250. The summed E-state index contributed by atoms with van der Waals surface area (Å²) in [7, 11) is 0. The number of ether oxygens (including phenoxy) is 1. The van der Waals surface area contributed by atoms with Crippen LogP contribution in [0.3, 0.4) is 0 Å². The van der Waals surface area contributed by atoms with Crippen molar-refractivity contribution in [1.29, 1.82) is 0 Å². The number of aliphatic hydroxyl groups excluding tert-OH is 2. The van der Waals surface area contributed by atoms with E-state index in [0.717, 1.165) is 33.7 Å². The van der Waals surface area contributed by atoms with E-state index in [9.17, 15) is 10.2 Å². The fourth-order valence-corrected chi connectivity index (χ4v) is 4.32. The van der Waals surface area contributed by atoms with Crippen molar-refractivity contribution in [2.45, 2.75) is 18.9 Å². The topological polar surface area (TPSA) is 106 Å². The normalized spacial score (nSPS) is 15.7. The van der Waals surface area contributed by atoms with E-state index in [1.54, 1.807) is 6.20 Å². The van der Waals surface area contributed by atoms with E-state index in [4.69, 9.17) is 15.6 Å². The molecule has 1 saturated carbocycles. The summed E-state index contributed by atoms with van der Waals surface area (Å²) in [4.78, 5) is 4.26. The number of pyridine rings is 1. The van der Waals surface area contributed by atoms with Gasteiger partial charge in [-0.2, -0.15) is 5.10 Å². The number of aliphatic hydroxyl groups is 2. The molecule has 31 heavy (non-hydrogen) atoms. The van der Waals surface area contributed by atoms with Crippen LogP contribution in [-0.4, -0.2) is 38.2 Å². The Labute approximate surface area is 179 Å². The second-order valence-electron chi connectivity index (χ2n) is 8.20. The van der Waals surface area contributed by atoms with Crippen molar-refractivity contribution in [3.63, 3.8) is 0 Å². The van der Waals surface area contributed by atoms with Crippen LogP contribution in [0.4, 0.5) is 5.82 Å². The molecule has 7 nitrogen and oxygen atoms in total. The molecule has 0 atom stereocenters. The van der Waals surface area contributed by atoms with Crippen LogP contribution in [-0.2, 0) is 0 Å². The van der Waals surface area contributed by atoms with Gasteiger partial charge in [0.25, 0.3) is 0 Å². The molecule has 1 fully saturated rings. The fourth-order valence-electron chi connectivity index (χ4n) is 4.32. The van der Waals surface area contributed by atoms with Crippen LogP contribution in [0.1, 0.15) is 18.9 Å². The Kier molecular flexibility index (Phi) is 4.84. The highest BCUT2D eigenvalue weighted by atomic mass is 16.5. The molecule has 7 heteroatoms. The first-order valence-electron chi connectivity index (χ1n) is 10.3. The van der Waals surface area contributed by atoms with Crippen molar-refractivity contribution in [1.82, 2.24) is 14.8 Å². The van der Waals surface area contributed by atoms with Gasteiger partial charge in [0.1, 0.15) is 23.0 Å². The van der Waals surface area contributed by atoms with Gasteiger partial charge in [-0.05, 0) is 55.3 Å². The molecule has 1 aliphatic carbocycles. The molecule has 5 rings (SSSR count). The first-order chi connectivity index (χ1) is 15.1. The number of para-hydroxylation sites is 1. The average molecular weight is 416 g/mol. The Morgan fingerprint density at radius 3 is 2.32 bits per heavy atom. The largest absolute Gasteiger partial charge is 0.457 e. The molecule has 0 amide bonds. The molecule has 0 bridgehead atoms. The van der Waals surface area contributed by atoms with Gasteiger partial charge < -0.3 is 20.7 Å². The molecule has 2 aromatic heterocycles. The van der Waals surface area contributed by atoms with E-state index < -0.39 is 5.41 Å². The highest BCUT2D eigenvalue weighted by molar-refractivity contribution is 6.00. The minimum atomic E-state index is -0.432. The summed E-state index contributed by atoms with van der Waals surface area (Å²) in [6.45, 7) is -0.0583. The van der Waals surface area contributed by atoms with Gasteiger partial charge >= 0.3 is 0 Å². The Balaban J connectivity index is 1.49. The van der Waals surface area contributed by atoms with Gasteiger partial charge in [0, 0.05) is 17.2 Å². The number of rotatable bonds is 6. The first kappa shape index (κ1) is 19.5. The lowest BCUT2D eigenvalue weighted by atomic mass is 9.66. The van der Waals surface area contributed by atoms with Crippen molar-refractivity contribution >= 4 is 16.7 Å². The molecular formula is C24H24N4O3. The molecule has 0 aliphatic heterocycles. The average Bonchev–Trinajstić information content (AvgIpc) is 3.16. The summed E-state index contributed by atoms with van der Waals surface area (Å²) in [5.74, 6) is 1.94. The smallest absolute Gasteiger partial charge is 0.135 e. The van der Waals surface area contributed by atoms with Gasteiger partial charge in [-0.3, -0.25) is 4.68 Å². The predicted molar refractivity (Wildman–Crippen MR) is 119 cm³/mol. The molecule has 0 radical (unpaired) electrons. The van der Waals surface area contributed by atoms with E-state index in [-0.39, 0.29) is 19.3 Å². The van der Waals surface area contributed by atoms with Crippen LogP contribution in [0.2, 0.25) is 0 Å². The van der Waals surface area contributed by atoms with Crippen molar-refractivity contribution < 1.29 is 14.9 Å². The quantitative estimate of drug-likeness (QED) is 0.442. The third kappa shape index (κ3) is 3.41. The molecule has 4 N–H and O–H groups in total. The standard InChI is InChI=1S/C24H24N4O3/c25-23-21-20(10-11-26-23)28(17-12-24(13-17,14-29)15-30)27-22(21)16-6-8-19(9-7-16)31-18-4-2-1-3-5-18/h1-11,17,29-30H,12-15H2,(H2,25,26). The second-order valence-corrected chi connectivity index (χ2v) is 8.20. The van der Waals surface area contributed by atoms with E-state index in [1.165, 1.54) is 0 Å². The number of aromatic nitrogens is 3. The Bertz CT molecular complexity index is 1190. The maximum atomic E-state index is 9.64. The molecule has 0 saturated heterocycles. The number of anilines is 1. The van der Waals surface area contributed by atoms with Gasteiger partial charge in [-0.15, -0.1) is 0 Å². The molecule has 2 aromatic carbocycles. The maximum absolute atomic E-state index is 9.64. The molecular weight excluding hydrogens is 392 g/mol. The Hall–Kier alpha value is -3.42. The van der Waals surface area contributed by atoms with Crippen LogP contribution >= 0.6 is 0 Å². The molecule has 4 aromatic rings.